The van der Waals surface area contributed by atoms with Crippen LogP contribution >= 0.6 is 11.3 Å². The maximum absolute atomic E-state index is 10.7. The number of carbonyl (C=O) groups is 1. The van der Waals surface area contributed by atoms with Gasteiger partial charge in [0.05, 0.1) is 5.69 Å². The van der Waals surface area contributed by atoms with E-state index in [-0.39, 0.29) is 0 Å². The molecule has 1 aromatic heterocycles. The Hall–Kier alpha value is -1.10. The molecule has 0 bridgehead atoms. The number of nitrogens with one attached hydrogen (secondary N) is 1. The third kappa shape index (κ3) is 2.69. The zero-order valence-corrected chi connectivity index (χ0v) is 8.39. The van der Waals surface area contributed by atoms with Gasteiger partial charge in [-0.05, 0) is 13.3 Å². The smallest absolute Gasteiger partial charge is 0.326 e. The molecule has 0 fully saturated rings. The summed E-state index contributed by atoms with van der Waals surface area (Å²) in [6, 6.07) is -0.537. The van der Waals surface area contributed by atoms with Gasteiger partial charge in [0.15, 0.2) is 5.13 Å². The van der Waals surface area contributed by atoms with Crippen molar-refractivity contribution in [2.75, 3.05) is 5.32 Å². The molecule has 1 rings (SSSR count). The van der Waals surface area contributed by atoms with Crippen molar-refractivity contribution in [3.8, 4) is 0 Å². The fourth-order valence-corrected chi connectivity index (χ4v) is 1.65. The van der Waals surface area contributed by atoms with Gasteiger partial charge in [0, 0.05) is 5.38 Å². The fraction of sp³-hybridized carbons (Fsp3) is 0.500. The molecule has 1 atom stereocenters. The highest BCUT2D eigenvalue weighted by Crippen LogP contribution is 2.16. The molecule has 13 heavy (non-hydrogen) atoms. The van der Waals surface area contributed by atoms with Crippen LogP contribution < -0.4 is 5.32 Å². The second kappa shape index (κ2) is 4.23. The van der Waals surface area contributed by atoms with E-state index in [2.05, 4.69) is 10.3 Å². The summed E-state index contributed by atoms with van der Waals surface area (Å²) in [7, 11) is 0. The molecule has 0 aliphatic heterocycles. The van der Waals surface area contributed by atoms with Gasteiger partial charge in [0.1, 0.15) is 6.04 Å². The highest BCUT2D eigenvalue weighted by atomic mass is 32.1. The van der Waals surface area contributed by atoms with E-state index in [1.807, 2.05) is 19.2 Å². The van der Waals surface area contributed by atoms with Crippen molar-refractivity contribution in [3.63, 3.8) is 0 Å². The second-order valence-corrected chi connectivity index (χ2v) is 3.60. The van der Waals surface area contributed by atoms with Crippen LogP contribution in [0.1, 0.15) is 19.0 Å². The van der Waals surface area contributed by atoms with Gasteiger partial charge in [-0.1, -0.05) is 6.92 Å². The molecule has 0 saturated carbocycles. The molecule has 1 aromatic rings. The molecule has 72 valence electrons. The van der Waals surface area contributed by atoms with Crippen molar-refractivity contribution in [1.82, 2.24) is 4.98 Å². The highest BCUT2D eigenvalue weighted by Gasteiger charge is 2.15. The number of aryl methyl sites for hydroxylation is 1. The van der Waals surface area contributed by atoms with E-state index in [4.69, 9.17) is 5.11 Å². The molecule has 0 aliphatic carbocycles. The molecule has 0 unspecified atom stereocenters. The number of aliphatic carboxylic acids is 1. The van der Waals surface area contributed by atoms with Gasteiger partial charge in [-0.15, -0.1) is 11.3 Å². The van der Waals surface area contributed by atoms with Crippen LogP contribution in [0.4, 0.5) is 5.13 Å². The Kier molecular flexibility index (Phi) is 3.25. The monoisotopic (exact) mass is 200 g/mol. The molecule has 4 nitrogen and oxygen atoms in total. The first-order valence-electron chi connectivity index (χ1n) is 4.05. The molecule has 2 N–H and O–H groups in total. The summed E-state index contributed by atoms with van der Waals surface area (Å²) < 4.78 is 0. The summed E-state index contributed by atoms with van der Waals surface area (Å²) in [6.07, 6.45) is 0.550. The molecule has 0 aromatic carbocycles. The number of rotatable bonds is 4. The molecule has 0 spiro atoms. The van der Waals surface area contributed by atoms with Crippen LogP contribution in [0, 0.1) is 6.92 Å². The van der Waals surface area contributed by atoms with Crippen molar-refractivity contribution < 1.29 is 9.90 Å². The first kappa shape index (κ1) is 9.98. The molecular formula is C8H12N2O2S. The number of carboxylic acids is 1. The summed E-state index contributed by atoms with van der Waals surface area (Å²) in [5.41, 5.74) is 0.910. The Morgan fingerprint density at radius 3 is 2.92 bits per heavy atom. The molecule has 5 heteroatoms. The van der Waals surface area contributed by atoms with E-state index in [1.165, 1.54) is 11.3 Å². The van der Waals surface area contributed by atoms with Crippen molar-refractivity contribution in [3.05, 3.63) is 11.1 Å². The summed E-state index contributed by atoms with van der Waals surface area (Å²) in [6.45, 7) is 3.70. The predicted molar refractivity (Wildman–Crippen MR) is 52.2 cm³/mol. The lowest BCUT2D eigenvalue weighted by atomic mass is 10.2. The Labute approximate surface area is 80.6 Å². The summed E-state index contributed by atoms with van der Waals surface area (Å²) in [5.74, 6) is -0.838. The van der Waals surface area contributed by atoms with Gasteiger partial charge in [0.25, 0.3) is 0 Å². The van der Waals surface area contributed by atoms with Gasteiger partial charge < -0.3 is 10.4 Å². The Morgan fingerprint density at radius 2 is 2.54 bits per heavy atom. The average Bonchev–Trinajstić information content (AvgIpc) is 2.46. The Bertz CT molecular complexity index is 298. The predicted octanol–water partition coefficient (Wildman–Crippen LogP) is 1.73. The highest BCUT2D eigenvalue weighted by molar-refractivity contribution is 7.13. The summed E-state index contributed by atoms with van der Waals surface area (Å²) >= 11 is 1.43. The summed E-state index contributed by atoms with van der Waals surface area (Å²) in [4.78, 5) is 14.8. The normalized spacial score (nSPS) is 12.5. The standard InChI is InChI=1S/C8H12N2O2S/c1-3-6(7(11)12)10-8-9-5(2)4-13-8/h4,6H,3H2,1-2H3,(H,9,10)(H,11,12)/t6-/m1/s1. The lowest BCUT2D eigenvalue weighted by molar-refractivity contribution is -0.137. The molecule has 1 heterocycles. The molecule has 0 radical (unpaired) electrons. The van der Waals surface area contributed by atoms with Crippen LogP contribution in [0.5, 0.6) is 0 Å². The number of nitrogens with zero attached hydrogens (tertiary/aromatic N) is 1. The van der Waals surface area contributed by atoms with E-state index < -0.39 is 12.0 Å². The Morgan fingerprint density at radius 1 is 1.85 bits per heavy atom. The molecule has 0 saturated heterocycles. The maximum atomic E-state index is 10.7. The summed E-state index contributed by atoms with van der Waals surface area (Å²) in [5, 5.41) is 14.2. The van der Waals surface area contributed by atoms with E-state index in [0.717, 1.165) is 5.69 Å². The number of thiazole rings is 1. The van der Waals surface area contributed by atoms with Gasteiger partial charge >= 0.3 is 5.97 Å². The average molecular weight is 200 g/mol. The minimum atomic E-state index is -0.838. The van der Waals surface area contributed by atoms with Gasteiger partial charge in [-0.2, -0.15) is 0 Å². The van der Waals surface area contributed by atoms with Gasteiger partial charge in [-0.3, -0.25) is 0 Å². The van der Waals surface area contributed by atoms with E-state index in [9.17, 15) is 4.79 Å². The number of carboxylic acid groups (broad SMARTS) is 1. The van der Waals surface area contributed by atoms with Crippen LogP contribution in [0.3, 0.4) is 0 Å². The van der Waals surface area contributed by atoms with Crippen LogP contribution in [-0.2, 0) is 4.79 Å². The molecule has 0 aliphatic rings. The lowest BCUT2D eigenvalue weighted by Gasteiger charge is -2.09. The third-order valence-electron chi connectivity index (χ3n) is 1.62. The zero-order chi connectivity index (χ0) is 9.84. The first-order valence-corrected chi connectivity index (χ1v) is 4.93. The SMILES string of the molecule is CC[C@@H](Nc1nc(C)cs1)C(=O)O. The van der Waals surface area contributed by atoms with Crippen LogP contribution in [0.2, 0.25) is 0 Å². The number of hydrogen-bond acceptors (Lipinski definition) is 4. The molecular weight excluding hydrogens is 188 g/mol. The van der Waals surface area contributed by atoms with Crippen LogP contribution in [0.15, 0.2) is 5.38 Å². The van der Waals surface area contributed by atoms with Crippen molar-refractivity contribution in [2.45, 2.75) is 26.3 Å². The largest absolute Gasteiger partial charge is 0.480 e. The van der Waals surface area contributed by atoms with Crippen molar-refractivity contribution in [2.24, 2.45) is 0 Å². The fourth-order valence-electron chi connectivity index (χ4n) is 0.908. The van der Waals surface area contributed by atoms with Gasteiger partial charge in [0.2, 0.25) is 0 Å². The molecule has 0 amide bonds. The quantitative estimate of drug-likeness (QED) is 0.777. The minimum Gasteiger partial charge on any atom is -0.480 e. The van der Waals surface area contributed by atoms with E-state index >= 15 is 0 Å². The Balaban J connectivity index is 2.61. The van der Waals surface area contributed by atoms with Gasteiger partial charge in [-0.25, -0.2) is 9.78 Å². The van der Waals surface area contributed by atoms with E-state index in [1.54, 1.807) is 0 Å². The first-order chi connectivity index (χ1) is 6.13. The van der Waals surface area contributed by atoms with E-state index in [0.29, 0.717) is 11.6 Å². The van der Waals surface area contributed by atoms with Crippen molar-refractivity contribution >= 4 is 22.4 Å². The topological polar surface area (TPSA) is 62.2 Å². The second-order valence-electron chi connectivity index (χ2n) is 2.74. The maximum Gasteiger partial charge on any atom is 0.326 e. The minimum absolute atomic E-state index is 0.537. The number of aromatic nitrogens is 1. The van der Waals surface area contributed by atoms with Crippen LogP contribution in [0.25, 0.3) is 0 Å². The number of hydrogen-bond donors (Lipinski definition) is 2. The zero-order valence-electron chi connectivity index (χ0n) is 7.57. The lowest BCUT2D eigenvalue weighted by Crippen LogP contribution is -2.28. The number of anilines is 1. The van der Waals surface area contributed by atoms with Crippen molar-refractivity contribution in [1.29, 1.82) is 0 Å². The third-order valence-corrected chi connectivity index (χ3v) is 2.51. The van der Waals surface area contributed by atoms with Crippen LogP contribution in [-0.4, -0.2) is 22.1 Å².